The summed E-state index contributed by atoms with van der Waals surface area (Å²) in [5, 5.41) is 24.3. The highest BCUT2D eigenvalue weighted by Gasteiger charge is 2.60. The van der Waals surface area contributed by atoms with Crippen molar-refractivity contribution in [3.63, 3.8) is 0 Å². The molecule has 2 fully saturated rings. The van der Waals surface area contributed by atoms with Gasteiger partial charge in [-0.1, -0.05) is 52.0 Å². The van der Waals surface area contributed by atoms with Gasteiger partial charge in [0.15, 0.2) is 11.9 Å². The number of benzene rings is 1. The van der Waals surface area contributed by atoms with Crippen molar-refractivity contribution in [2.75, 3.05) is 27.7 Å². The van der Waals surface area contributed by atoms with Gasteiger partial charge < -0.3 is 33.7 Å². The van der Waals surface area contributed by atoms with Crippen LogP contribution in [0.25, 0.3) is 0 Å². The number of cyclic esters (lactones) is 1. The number of ether oxygens (including phenoxy) is 5. The number of nitro benzene ring substituents is 1. The van der Waals surface area contributed by atoms with Crippen molar-refractivity contribution in [1.82, 2.24) is 15.3 Å². The van der Waals surface area contributed by atoms with Gasteiger partial charge in [0.25, 0.3) is 5.69 Å². The smallest absolute Gasteiger partial charge is 0.425 e. The first-order valence-corrected chi connectivity index (χ1v) is 19.4. The Balaban J connectivity index is 1.69. The number of aliphatic hydroxyl groups is 1. The maximum atomic E-state index is 14.6. The lowest BCUT2D eigenvalue weighted by Crippen LogP contribution is -2.60. The predicted molar refractivity (Wildman–Crippen MR) is 204 cm³/mol. The highest BCUT2D eigenvalue weighted by molar-refractivity contribution is 5.88. The largest absolute Gasteiger partial charge is 0.455 e. The fraction of sp³-hybridized carbons (Fsp3) is 0.725. The van der Waals surface area contributed by atoms with Gasteiger partial charge in [0.05, 0.1) is 22.7 Å². The molecule has 15 heteroatoms. The third-order valence-corrected chi connectivity index (χ3v) is 11.8. The Bertz CT molecular complexity index is 1570. The van der Waals surface area contributed by atoms with Crippen LogP contribution in [0.5, 0.6) is 0 Å². The molecule has 12 atom stereocenters. The van der Waals surface area contributed by atoms with Gasteiger partial charge in [-0.25, -0.2) is 20.0 Å². The molecule has 3 aliphatic heterocycles. The molecular weight excluding hydrogens is 712 g/mol. The van der Waals surface area contributed by atoms with Crippen LogP contribution in [0, 0.1) is 27.9 Å². The molecule has 0 saturated carbocycles. The van der Waals surface area contributed by atoms with Crippen molar-refractivity contribution >= 4 is 23.5 Å². The zero-order valence-corrected chi connectivity index (χ0v) is 34.3. The van der Waals surface area contributed by atoms with Crippen molar-refractivity contribution in [2.24, 2.45) is 17.8 Å². The van der Waals surface area contributed by atoms with E-state index in [1.807, 2.05) is 53.6 Å². The predicted octanol–water partition coefficient (Wildman–Crippen LogP) is 4.98. The second kappa shape index (κ2) is 18.2. The number of carbonyl (C=O) groups excluding carboxylic acids is 3. The van der Waals surface area contributed by atoms with E-state index in [0.29, 0.717) is 30.4 Å². The Morgan fingerprint density at radius 3 is 2.42 bits per heavy atom. The summed E-state index contributed by atoms with van der Waals surface area (Å²) in [6.07, 6.45) is -0.995. The number of esters is 1. The second-order valence-corrected chi connectivity index (χ2v) is 16.2. The molecule has 3 heterocycles. The number of hydrogen-bond acceptors (Lipinski definition) is 13. The van der Waals surface area contributed by atoms with Gasteiger partial charge in [0.1, 0.15) is 24.0 Å². The lowest BCUT2D eigenvalue weighted by Gasteiger charge is -2.46. The fourth-order valence-corrected chi connectivity index (χ4v) is 8.81. The van der Waals surface area contributed by atoms with E-state index in [9.17, 15) is 29.6 Å². The van der Waals surface area contributed by atoms with Gasteiger partial charge in [0, 0.05) is 54.7 Å². The molecule has 0 spiro atoms. The van der Waals surface area contributed by atoms with Gasteiger partial charge in [-0.3, -0.25) is 14.9 Å². The summed E-state index contributed by atoms with van der Waals surface area (Å²) < 4.78 is 31.2. The molecule has 1 aromatic rings. The monoisotopic (exact) mass is 774 g/mol. The third-order valence-electron chi connectivity index (χ3n) is 11.8. The maximum Gasteiger partial charge on any atom is 0.425 e. The van der Waals surface area contributed by atoms with Gasteiger partial charge in [0.2, 0.25) is 0 Å². The average Bonchev–Trinajstić information content (AvgIpc) is 3.39. The second-order valence-electron chi connectivity index (χ2n) is 16.2. The molecule has 1 aromatic carbocycles. The van der Waals surface area contributed by atoms with Gasteiger partial charge in [-0.05, 0) is 73.9 Å². The normalized spacial score (nSPS) is 37.4. The number of hydrogen-bond donors (Lipinski definition) is 2. The number of Topliss-reactive ketones (excluding diaryl/α,β-unsaturated/α-hetero) is 1. The Labute approximate surface area is 325 Å². The van der Waals surface area contributed by atoms with E-state index in [0.717, 1.165) is 0 Å². The lowest BCUT2D eigenvalue weighted by atomic mass is 9.74. The molecular formula is C40H62N4O11. The van der Waals surface area contributed by atoms with Crippen LogP contribution in [0.15, 0.2) is 35.9 Å². The van der Waals surface area contributed by atoms with Gasteiger partial charge >= 0.3 is 12.1 Å². The molecule has 15 nitrogen and oxygen atoms in total. The summed E-state index contributed by atoms with van der Waals surface area (Å²) in [6.45, 7) is 14.6. The molecule has 308 valence electrons. The molecule has 0 radical (unpaired) electrons. The molecule has 0 aromatic heterocycles. The molecule has 0 aliphatic carbocycles. The first kappa shape index (κ1) is 44.2. The number of nitrogens with zero attached hydrogens (tertiary/aromatic N) is 3. The summed E-state index contributed by atoms with van der Waals surface area (Å²) in [5.74, 6) is -2.69. The number of rotatable bonds is 11. The van der Waals surface area contributed by atoms with E-state index < -0.39 is 76.6 Å². The van der Waals surface area contributed by atoms with Crippen molar-refractivity contribution in [2.45, 2.75) is 141 Å². The summed E-state index contributed by atoms with van der Waals surface area (Å²) in [6, 6.07) is 5.38. The van der Waals surface area contributed by atoms with Crippen LogP contribution < -0.4 is 5.43 Å². The molecule has 1 amide bonds. The summed E-state index contributed by atoms with van der Waals surface area (Å²) >= 11 is 0. The number of nitro groups is 1. The number of hydrazine groups is 1. The summed E-state index contributed by atoms with van der Waals surface area (Å²) in [4.78, 5) is 55.2. The molecule has 0 bridgehead atoms. The van der Waals surface area contributed by atoms with Crippen molar-refractivity contribution in [1.29, 1.82) is 0 Å². The molecule has 3 aliphatic rings. The Morgan fingerprint density at radius 2 is 1.80 bits per heavy atom. The topological polar surface area (TPSA) is 179 Å². The van der Waals surface area contributed by atoms with E-state index in [1.165, 1.54) is 11.1 Å². The highest BCUT2D eigenvalue weighted by atomic mass is 16.7. The molecule has 2 saturated heterocycles. The van der Waals surface area contributed by atoms with E-state index in [1.54, 1.807) is 52.2 Å². The number of carbonyl (C=O) groups is 3. The standard InChI is InChI=1S/C40H62N4O11/c1-12-31-40(8)34(43(38(48)55-40)41-19-15-17-28-16-13-14-18-29(28)44(49)50)27(6)32(45)25(4)22-39(7,51-11)35(23(2)20-24(3)36(47)53-31)54-37-33(46)30(42(9)10)21-26(5)52-37/h13-14,16,18,20,23,25-27,30-31,33-35,37,41,46H,12,15,17,19,21-22H2,1-11H3/b24-20+/t23-,25+,26+,27-,30-,31+,33+,34+,35+,37-,39-,40+/m0/s1. The minimum atomic E-state index is -1.43. The SMILES string of the molecule is CC[C@H]1OC(=O)/C(C)=C/[C@H](C)[C@@H](O[C@@H]2O[C@H](C)C[C@H](N(C)C)[C@H]2O)[C@@](C)(OC)C[C@@H](C)C(=O)[C@H](C)[C@H]2N(NCCCc3ccccc3[N+](=O)[O-])C(=O)O[C@]12C. The molecule has 0 unspecified atom stereocenters. The maximum absolute atomic E-state index is 14.6. The number of ketones is 1. The number of nitrogens with one attached hydrogen (secondary N) is 1. The molecule has 2 N–H and O–H groups in total. The number of likely N-dealkylation sites (N-methyl/N-ethyl adjacent to an activating group) is 1. The number of para-hydroxylation sites is 1. The first-order valence-electron chi connectivity index (χ1n) is 19.4. The Kier molecular flexibility index (Phi) is 14.6. The summed E-state index contributed by atoms with van der Waals surface area (Å²) in [5.41, 5.74) is 1.48. The van der Waals surface area contributed by atoms with Crippen LogP contribution in [0.1, 0.15) is 86.6 Å². The van der Waals surface area contributed by atoms with Crippen LogP contribution in [0.3, 0.4) is 0 Å². The minimum Gasteiger partial charge on any atom is -0.455 e. The number of aliphatic hydroxyl groups excluding tert-OH is 1. The quantitative estimate of drug-likeness (QED) is 0.133. The van der Waals surface area contributed by atoms with Gasteiger partial charge in [-0.15, -0.1) is 0 Å². The van der Waals surface area contributed by atoms with E-state index in [-0.39, 0.29) is 43.0 Å². The van der Waals surface area contributed by atoms with Crippen LogP contribution >= 0.6 is 0 Å². The van der Waals surface area contributed by atoms with Crippen molar-refractivity contribution < 1.29 is 48.1 Å². The Morgan fingerprint density at radius 1 is 1.13 bits per heavy atom. The van der Waals surface area contributed by atoms with E-state index >= 15 is 0 Å². The minimum absolute atomic E-state index is 0.0201. The zero-order valence-electron chi connectivity index (χ0n) is 34.3. The average molecular weight is 775 g/mol. The molecule has 55 heavy (non-hydrogen) atoms. The number of fused-ring (bicyclic) bond motifs is 1. The molecule has 4 rings (SSSR count). The van der Waals surface area contributed by atoms with E-state index in [2.05, 4.69) is 5.43 Å². The number of methoxy groups -OCH3 is 1. The van der Waals surface area contributed by atoms with Crippen LogP contribution in [0.2, 0.25) is 0 Å². The van der Waals surface area contributed by atoms with Crippen LogP contribution in [-0.4, -0.2) is 120 Å². The first-order chi connectivity index (χ1) is 25.8. The third kappa shape index (κ3) is 9.57. The highest BCUT2D eigenvalue weighted by Crippen LogP contribution is 2.42. The van der Waals surface area contributed by atoms with Crippen LogP contribution in [0.4, 0.5) is 10.5 Å². The number of amides is 1. The van der Waals surface area contributed by atoms with E-state index in [4.69, 9.17) is 23.7 Å². The fourth-order valence-electron chi connectivity index (χ4n) is 8.81. The number of aryl methyl sites for hydroxylation is 1. The zero-order chi connectivity index (χ0) is 41.0. The van der Waals surface area contributed by atoms with Gasteiger partial charge in [-0.2, -0.15) is 0 Å². The van der Waals surface area contributed by atoms with Crippen molar-refractivity contribution in [3.8, 4) is 0 Å². The lowest BCUT2D eigenvalue weighted by molar-refractivity contribution is -0.385. The van der Waals surface area contributed by atoms with Crippen molar-refractivity contribution in [3.05, 3.63) is 51.6 Å². The summed E-state index contributed by atoms with van der Waals surface area (Å²) in [7, 11) is 5.33. The van der Waals surface area contributed by atoms with Crippen LogP contribution in [-0.2, 0) is 39.7 Å². The Hall–Kier alpha value is -3.47.